The van der Waals surface area contributed by atoms with E-state index in [1.165, 1.54) is 11.1 Å². The van der Waals surface area contributed by atoms with Gasteiger partial charge in [0.05, 0.1) is 5.52 Å². The molecule has 3 nitrogen and oxygen atoms in total. The summed E-state index contributed by atoms with van der Waals surface area (Å²) in [7, 11) is 0. The highest BCUT2D eigenvalue weighted by Crippen LogP contribution is 2.27. The topological polar surface area (TPSA) is 37.8 Å². The molecule has 0 bridgehead atoms. The fourth-order valence-electron chi connectivity index (χ4n) is 2.41. The Morgan fingerprint density at radius 2 is 1.80 bits per heavy atom. The minimum atomic E-state index is 0.226. The zero-order valence-electron chi connectivity index (χ0n) is 11.7. The number of rotatable bonds is 3. The Bertz CT molecular complexity index is 723. The molecular weight excluding hydrogens is 246 g/mol. The van der Waals surface area contributed by atoms with E-state index in [0.29, 0.717) is 0 Å². The zero-order valence-corrected chi connectivity index (χ0v) is 11.7. The van der Waals surface area contributed by atoms with Crippen molar-refractivity contribution in [2.75, 3.05) is 5.32 Å². The molecule has 3 aromatic rings. The van der Waals surface area contributed by atoms with E-state index in [1.54, 1.807) is 0 Å². The lowest BCUT2D eigenvalue weighted by Crippen LogP contribution is -2.07. The van der Waals surface area contributed by atoms with Crippen molar-refractivity contribution < 1.29 is 0 Å². The van der Waals surface area contributed by atoms with Gasteiger partial charge in [-0.3, -0.25) is 9.97 Å². The summed E-state index contributed by atoms with van der Waals surface area (Å²) in [6.45, 7) is 4.24. The van der Waals surface area contributed by atoms with Gasteiger partial charge in [0.1, 0.15) is 0 Å². The summed E-state index contributed by atoms with van der Waals surface area (Å²) in [5, 5.41) is 4.72. The minimum absolute atomic E-state index is 0.226. The molecule has 0 aliphatic rings. The fourth-order valence-corrected chi connectivity index (χ4v) is 2.41. The third-order valence-electron chi connectivity index (χ3n) is 3.55. The molecule has 20 heavy (non-hydrogen) atoms. The maximum atomic E-state index is 4.47. The van der Waals surface area contributed by atoms with Crippen molar-refractivity contribution >= 4 is 16.6 Å². The largest absolute Gasteiger partial charge is 0.378 e. The Balaban J connectivity index is 1.97. The number of hydrogen-bond acceptors (Lipinski definition) is 3. The first-order valence-electron chi connectivity index (χ1n) is 6.76. The van der Waals surface area contributed by atoms with Crippen LogP contribution in [0, 0.1) is 6.92 Å². The Morgan fingerprint density at radius 3 is 2.60 bits per heavy atom. The maximum absolute atomic E-state index is 4.47. The van der Waals surface area contributed by atoms with Crippen molar-refractivity contribution in [3.05, 3.63) is 66.1 Å². The van der Waals surface area contributed by atoms with Gasteiger partial charge in [-0.05, 0) is 55.3 Å². The molecule has 0 fully saturated rings. The maximum Gasteiger partial charge on any atom is 0.0751 e. The number of nitrogens with zero attached hydrogens (tertiary/aromatic N) is 2. The number of nitrogens with one attached hydrogen (secondary N) is 1. The Kier molecular flexibility index (Phi) is 3.33. The third kappa shape index (κ3) is 2.35. The van der Waals surface area contributed by atoms with Crippen molar-refractivity contribution in [3.63, 3.8) is 0 Å². The molecular formula is C17H17N3. The van der Waals surface area contributed by atoms with Gasteiger partial charge in [-0.2, -0.15) is 0 Å². The van der Waals surface area contributed by atoms with E-state index in [9.17, 15) is 0 Å². The van der Waals surface area contributed by atoms with E-state index in [1.807, 2.05) is 36.8 Å². The van der Waals surface area contributed by atoms with Gasteiger partial charge in [-0.1, -0.05) is 6.07 Å². The van der Waals surface area contributed by atoms with Gasteiger partial charge in [0.15, 0.2) is 0 Å². The normalized spacial score (nSPS) is 12.3. The molecule has 1 N–H and O–H groups in total. The van der Waals surface area contributed by atoms with Gasteiger partial charge in [-0.15, -0.1) is 0 Å². The monoisotopic (exact) mass is 263 g/mol. The summed E-state index contributed by atoms with van der Waals surface area (Å²) in [4.78, 5) is 8.53. The van der Waals surface area contributed by atoms with Crippen molar-refractivity contribution in [2.24, 2.45) is 0 Å². The van der Waals surface area contributed by atoms with E-state index < -0.39 is 0 Å². The lowest BCUT2D eigenvalue weighted by atomic mass is 10.1. The van der Waals surface area contributed by atoms with E-state index in [0.717, 1.165) is 16.6 Å². The molecule has 1 atom stereocenters. The predicted octanol–water partition coefficient (Wildman–Crippen LogP) is 4.11. The average molecular weight is 263 g/mol. The van der Waals surface area contributed by atoms with Crippen LogP contribution in [0.2, 0.25) is 0 Å². The lowest BCUT2D eigenvalue weighted by molar-refractivity contribution is 0.882. The minimum Gasteiger partial charge on any atom is -0.378 e. The molecule has 3 heteroatoms. The molecule has 0 saturated carbocycles. The van der Waals surface area contributed by atoms with Gasteiger partial charge in [0.2, 0.25) is 0 Å². The molecule has 0 spiro atoms. The van der Waals surface area contributed by atoms with Crippen LogP contribution in [0.15, 0.2) is 55.0 Å². The Morgan fingerprint density at radius 1 is 1.00 bits per heavy atom. The first-order chi connectivity index (χ1) is 9.75. The molecule has 3 rings (SSSR count). The summed E-state index contributed by atoms with van der Waals surface area (Å²) in [5.74, 6) is 0. The molecule has 1 unspecified atom stereocenters. The molecule has 1 aromatic carbocycles. The van der Waals surface area contributed by atoms with Crippen LogP contribution in [-0.4, -0.2) is 9.97 Å². The van der Waals surface area contributed by atoms with Crippen LogP contribution in [0.4, 0.5) is 5.69 Å². The molecule has 0 aliphatic carbocycles. The highest BCUT2D eigenvalue weighted by Gasteiger charge is 2.08. The van der Waals surface area contributed by atoms with Gasteiger partial charge in [0, 0.05) is 35.7 Å². The Hall–Kier alpha value is -2.42. The SMILES string of the molecule is Cc1ccc(NC(C)c2ccncc2)c2cccnc12. The van der Waals surface area contributed by atoms with E-state index in [4.69, 9.17) is 0 Å². The molecule has 0 saturated heterocycles. The number of benzene rings is 1. The fraction of sp³-hybridized carbons (Fsp3) is 0.176. The van der Waals surface area contributed by atoms with Crippen LogP contribution in [0.25, 0.3) is 10.9 Å². The number of fused-ring (bicyclic) bond motifs is 1. The van der Waals surface area contributed by atoms with Crippen LogP contribution in [0.5, 0.6) is 0 Å². The summed E-state index contributed by atoms with van der Waals surface area (Å²) in [5.41, 5.74) is 4.59. The number of pyridine rings is 2. The first-order valence-corrected chi connectivity index (χ1v) is 6.76. The number of anilines is 1. The standard InChI is InChI=1S/C17H17N3/c1-12-5-6-16(15-4-3-9-19-17(12)15)20-13(2)14-7-10-18-11-8-14/h3-11,13,20H,1-2H3. The first kappa shape index (κ1) is 12.6. The summed E-state index contributed by atoms with van der Waals surface area (Å²) in [6, 6.07) is 12.6. The van der Waals surface area contributed by atoms with Crippen LogP contribution in [0.1, 0.15) is 24.1 Å². The molecule has 2 aromatic heterocycles. The summed E-state index contributed by atoms with van der Waals surface area (Å²) < 4.78 is 0. The highest BCUT2D eigenvalue weighted by molar-refractivity contribution is 5.93. The third-order valence-corrected chi connectivity index (χ3v) is 3.55. The van der Waals surface area contributed by atoms with Crippen LogP contribution >= 0.6 is 0 Å². The molecule has 100 valence electrons. The summed E-state index contributed by atoms with van der Waals surface area (Å²) in [6.07, 6.45) is 5.48. The number of hydrogen-bond donors (Lipinski definition) is 1. The van der Waals surface area contributed by atoms with Gasteiger partial charge in [-0.25, -0.2) is 0 Å². The summed E-state index contributed by atoms with van der Waals surface area (Å²) >= 11 is 0. The van der Waals surface area contributed by atoms with E-state index in [2.05, 4.69) is 47.3 Å². The molecule has 0 radical (unpaired) electrons. The smallest absolute Gasteiger partial charge is 0.0751 e. The second kappa shape index (κ2) is 5.29. The lowest BCUT2D eigenvalue weighted by Gasteiger charge is -2.17. The second-order valence-electron chi connectivity index (χ2n) is 4.98. The van der Waals surface area contributed by atoms with Crippen molar-refractivity contribution in [3.8, 4) is 0 Å². The average Bonchev–Trinajstić information content (AvgIpc) is 2.51. The van der Waals surface area contributed by atoms with Gasteiger partial charge < -0.3 is 5.32 Å². The van der Waals surface area contributed by atoms with Gasteiger partial charge >= 0.3 is 0 Å². The quantitative estimate of drug-likeness (QED) is 0.772. The zero-order chi connectivity index (χ0) is 13.9. The van der Waals surface area contributed by atoms with E-state index in [-0.39, 0.29) is 6.04 Å². The van der Waals surface area contributed by atoms with Crippen molar-refractivity contribution in [1.82, 2.24) is 9.97 Å². The number of aromatic nitrogens is 2. The van der Waals surface area contributed by atoms with E-state index >= 15 is 0 Å². The van der Waals surface area contributed by atoms with Gasteiger partial charge in [0.25, 0.3) is 0 Å². The van der Waals surface area contributed by atoms with Crippen LogP contribution in [0.3, 0.4) is 0 Å². The van der Waals surface area contributed by atoms with Crippen LogP contribution in [-0.2, 0) is 0 Å². The Labute approximate surface area is 118 Å². The van der Waals surface area contributed by atoms with Crippen molar-refractivity contribution in [1.29, 1.82) is 0 Å². The highest BCUT2D eigenvalue weighted by atomic mass is 14.9. The molecule has 2 heterocycles. The van der Waals surface area contributed by atoms with Crippen molar-refractivity contribution in [2.45, 2.75) is 19.9 Å². The second-order valence-corrected chi connectivity index (χ2v) is 4.98. The number of aryl methyl sites for hydroxylation is 1. The molecule has 0 amide bonds. The predicted molar refractivity (Wildman–Crippen MR) is 82.8 cm³/mol. The van der Waals surface area contributed by atoms with Crippen LogP contribution < -0.4 is 5.32 Å². The molecule has 0 aliphatic heterocycles.